The number of methoxy groups -OCH3 is 1. The highest BCUT2D eigenvalue weighted by molar-refractivity contribution is 6.08. The van der Waals surface area contributed by atoms with Crippen LogP contribution in [0.1, 0.15) is 22.8 Å². The molecule has 0 heterocycles. The largest absolute Gasteiger partial charge is 0.504 e. The fourth-order valence-corrected chi connectivity index (χ4v) is 2.59. The van der Waals surface area contributed by atoms with Crippen LogP contribution >= 0.6 is 0 Å². The molecule has 3 aromatic rings. The molecule has 3 rings (SSSR count). The van der Waals surface area contributed by atoms with Crippen LogP contribution in [0.4, 0.5) is 0 Å². The molecule has 0 fully saturated rings. The third-order valence-electron chi connectivity index (χ3n) is 3.96. The van der Waals surface area contributed by atoms with Crippen LogP contribution in [-0.4, -0.2) is 23.8 Å². The van der Waals surface area contributed by atoms with Crippen LogP contribution in [0.25, 0.3) is 10.8 Å². The van der Waals surface area contributed by atoms with Crippen LogP contribution in [0.5, 0.6) is 11.5 Å². The molecule has 5 heteroatoms. The molecule has 0 spiro atoms. The van der Waals surface area contributed by atoms with Gasteiger partial charge in [0.25, 0.3) is 5.91 Å². The van der Waals surface area contributed by atoms with Crippen molar-refractivity contribution in [1.29, 1.82) is 0 Å². The van der Waals surface area contributed by atoms with E-state index in [1.165, 1.54) is 13.2 Å². The lowest BCUT2D eigenvalue weighted by atomic mass is 10.0. The molecule has 0 saturated heterocycles. The lowest BCUT2D eigenvalue weighted by Gasteiger charge is -2.08. The second kappa shape index (κ2) is 7.05. The van der Waals surface area contributed by atoms with E-state index in [1.807, 2.05) is 36.4 Å². The van der Waals surface area contributed by atoms with E-state index < -0.39 is 0 Å². The van der Waals surface area contributed by atoms with E-state index in [0.29, 0.717) is 17.0 Å². The highest BCUT2D eigenvalue weighted by Gasteiger charge is 2.10. The minimum atomic E-state index is -0.276. The van der Waals surface area contributed by atoms with Crippen molar-refractivity contribution >= 4 is 22.4 Å². The van der Waals surface area contributed by atoms with Gasteiger partial charge in [-0.05, 0) is 42.0 Å². The predicted octanol–water partition coefficient (Wildman–Crippen LogP) is 3.71. The van der Waals surface area contributed by atoms with E-state index in [1.54, 1.807) is 25.1 Å². The minimum Gasteiger partial charge on any atom is -0.504 e. The zero-order valence-corrected chi connectivity index (χ0v) is 14.0. The van der Waals surface area contributed by atoms with Crippen molar-refractivity contribution in [3.63, 3.8) is 0 Å². The molecule has 126 valence electrons. The molecular formula is C20H18N2O3. The molecule has 2 N–H and O–H groups in total. The highest BCUT2D eigenvalue weighted by Crippen LogP contribution is 2.26. The molecule has 0 aliphatic carbocycles. The van der Waals surface area contributed by atoms with E-state index >= 15 is 0 Å². The number of hydrogen-bond donors (Lipinski definition) is 2. The molecule has 0 aromatic heterocycles. The number of fused-ring (bicyclic) bond motifs is 1. The Morgan fingerprint density at radius 2 is 1.84 bits per heavy atom. The smallest absolute Gasteiger partial charge is 0.272 e. The number of carbonyl (C=O) groups is 1. The Morgan fingerprint density at radius 3 is 2.64 bits per heavy atom. The fraction of sp³-hybridized carbons (Fsp3) is 0.100. The third kappa shape index (κ3) is 3.45. The van der Waals surface area contributed by atoms with E-state index in [4.69, 9.17) is 4.74 Å². The maximum Gasteiger partial charge on any atom is 0.272 e. The van der Waals surface area contributed by atoms with Crippen molar-refractivity contribution in [2.75, 3.05) is 7.11 Å². The topological polar surface area (TPSA) is 70.9 Å². The number of phenols is 1. The van der Waals surface area contributed by atoms with Gasteiger partial charge in [-0.25, -0.2) is 5.43 Å². The van der Waals surface area contributed by atoms with Gasteiger partial charge in [-0.15, -0.1) is 0 Å². The Balaban J connectivity index is 1.84. The van der Waals surface area contributed by atoms with Crippen LogP contribution in [0.3, 0.4) is 0 Å². The normalized spacial score (nSPS) is 11.4. The summed E-state index contributed by atoms with van der Waals surface area (Å²) in [6.07, 6.45) is 0. The molecule has 3 aromatic carbocycles. The molecule has 25 heavy (non-hydrogen) atoms. The summed E-state index contributed by atoms with van der Waals surface area (Å²) in [6.45, 7) is 1.77. The van der Waals surface area contributed by atoms with E-state index in [9.17, 15) is 9.90 Å². The van der Waals surface area contributed by atoms with Crippen LogP contribution < -0.4 is 10.2 Å². The van der Waals surface area contributed by atoms with Gasteiger partial charge < -0.3 is 9.84 Å². The average Bonchev–Trinajstić information content (AvgIpc) is 2.65. The van der Waals surface area contributed by atoms with Gasteiger partial charge in [0.15, 0.2) is 11.5 Å². The van der Waals surface area contributed by atoms with Gasteiger partial charge in [-0.1, -0.05) is 36.4 Å². The first-order valence-electron chi connectivity index (χ1n) is 7.80. The number of amides is 1. The van der Waals surface area contributed by atoms with Crippen molar-refractivity contribution in [2.24, 2.45) is 5.10 Å². The number of ether oxygens (including phenoxy) is 1. The summed E-state index contributed by atoms with van der Waals surface area (Å²) in [5.41, 5.74) is 4.50. The molecule has 0 atom stereocenters. The second-order valence-electron chi connectivity index (χ2n) is 5.55. The van der Waals surface area contributed by atoms with Crippen molar-refractivity contribution < 1.29 is 14.6 Å². The summed E-state index contributed by atoms with van der Waals surface area (Å²) in [6, 6.07) is 18.2. The van der Waals surface area contributed by atoms with E-state index in [0.717, 1.165) is 16.3 Å². The molecule has 5 nitrogen and oxygen atoms in total. The average molecular weight is 334 g/mol. The van der Waals surface area contributed by atoms with Crippen LogP contribution in [-0.2, 0) is 0 Å². The lowest BCUT2D eigenvalue weighted by molar-refractivity contribution is 0.0956. The Bertz CT molecular complexity index is 959. The van der Waals surface area contributed by atoms with Gasteiger partial charge in [0.2, 0.25) is 0 Å². The van der Waals surface area contributed by atoms with Gasteiger partial charge in [-0.3, -0.25) is 4.79 Å². The number of nitrogens with zero attached hydrogens (tertiary/aromatic N) is 1. The van der Waals surface area contributed by atoms with Gasteiger partial charge in [0.05, 0.1) is 12.8 Å². The minimum absolute atomic E-state index is 0.0545. The summed E-state index contributed by atoms with van der Waals surface area (Å²) in [5.74, 6) is 0.133. The summed E-state index contributed by atoms with van der Waals surface area (Å²) in [7, 11) is 1.48. The highest BCUT2D eigenvalue weighted by atomic mass is 16.5. The standard InChI is InChI=1S/C20H18N2O3/c1-13(15-10-11-18(23)19(12-15)25-2)21-22-20(24)17-9-5-7-14-6-3-4-8-16(14)17/h3-12,23H,1-2H3,(H,22,24)/b21-13+. The van der Waals surface area contributed by atoms with Crippen LogP contribution in [0.15, 0.2) is 65.8 Å². The summed E-state index contributed by atoms with van der Waals surface area (Å²) >= 11 is 0. The van der Waals surface area contributed by atoms with Gasteiger partial charge in [0.1, 0.15) is 0 Å². The number of hydrogen-bond acceptors (Lipinski definition) is 4. The molecule has 0 aliphatic heterocycles. The van der Waals surface area contributed by atoms with Gasteiger partial charge in [-0.2, -0.15) is 5.10 Å². The zero-order valence-electron chi connectivity index (χ0n) is 14.0. The lowest BCUT2D eigenvalue weighted by Crippen LogP contribution is -2.19. The molecule has 0 unspecified atom stereocenters. The zero-order chi connectivity index (χ0) is 17.8. The van der Waals surface area contributed by atoms with Gasteiger partial charge >= 0.3 is 0 Å². The monoisotopic (exact) mass is 334 g/mol. The van der Waals surface area contributed by atoms with Crippen molar-refractivity contribution in [3.8, 4) is 11.5 Å². The number of carbonyl (C=O) groups excluding carboxylic acids is 1. The quantitative estimate of drug-likeness (QED) is 0.564. The number of benzene rings is 3. The summed E-state index contributed by atoms with van der Waals surface area (Å²) in [5, 5.41) is 15.7. The number of hydrazone groups is 1. The first-order valence-corrected chi connectivity index (χ1v) is 7.80. The Labute approximate surface area is 145 Å². The maximum atomic E-state index is 12.5. The Morgan fingerprint density at radius 1 is 1.08 bits per heavy atom. The van der Waals surface area contributed by atoms with Crippen LogP contribution in [0, 0.1) is 0 Å². The third-order valence-corrected chi connectivity index (χ3v) is 3.96. The fourth-order valence-electron chi connectivity index (χ4n) is 2.59. The molecule has 1 amide bonds. The van der Waals surface area contributed by atoms with E-state index in [-0.39, 0.29) is 11.7 Å². The molecule has 0 aliphatic rings. The van der Waals surface area contributed by atoms with Crippen molar-refractivity contribution in [3.05, 3.63) is 71.8 Å². The van der Waals surface area contributed by atoms with Crippen LogP contribution in [0.2, 0.25) is 0 Å². The summed E-state index contributed by atoms with van der Waals surface area (Å²) in [4.78, 5) is 12.5. The Hall–Kier alpha value is -3.34. The summed E-state index contributed by atoms with van der Waals surface area (Å²) < 4.78 is 5.09. The Kier molecular flexibility index (Phi) is 4.66. The van der Waals surface area contributed by atoms with Crippen molar-refractivity contribution in [1.82, 2.24) is 5.43 Å². The number of phenolic OH excluding ortho intramolecular Hbond substituents is 1. The number of nitrogens with one attached hydrogen (secondary N) is 1. The first kappa shape index (κ1) is 16.5. The molecule has 0 radical (unpaired) electrons. The SMILES string of the molecule is COc1cc(/C(C)=N/NC(=O)c2cccc3ccccc23)ccc1O. The second-order valence-corrected chi connectivity index (χ2v) is 5.55. The molecular weight excluding hydrogens is 316 g/mol. The number of rotatable bonds is 4. The molecule has 0 saturated carbocycles. The number of aromatic hydroxyl groups is 1. The van der Waals surface area contributed by atoms with Gasteiger partial charge in [0, 0.05) is 11.1 Å². The first-order chi connectivity index (χ1) is 12.1. The maximum absolute atomic E-state index is 12.5. The van der Waals surface area contributed by atoms with Crippen molar-refractivity contribution in [2.45, 2.75) is 6.92 Å². The predicted molar refractivity (Wildman–Crippen MR) is 98.3 cm³/mol. The van der Waals surface area contributed by atoms with E-state index in [2.05, 4.69) is 10.5 Å². The molecule has 0 bridgehead atoms.